The first-order valence-electron chi connectivity index (χ1n) is 8.07. The Morgan fingerprint density at radius 3 is 2.83 bits per heavy atom. The van der Waals surface area contributed by atoms with E-state index in [4.69, 9.17) is 4.74 Å². The summed E-state index contributed by atoms with van der Waals surface area (Å²) in [4.78, 5) is 12.4. The minimum atomic E-state index is -0.336. The summed E-state index contributed by atoms with van der Waals surface area (Å²) in [5.41, 5.74) is 2.37. The molecule has 2 atom stereocenters. The van der Waals surface area contributed by atoms with E-state index >= 15 is 0 Å². The van der Waals surface area contributed by atoms with Gasteiger partial charge in [0.2, 0.25) is 5.91 Å². The van der Waals surface area contributed by atoms with Crippen LogP contribution in [-0.4, -0.2) is 23.2 Å². The molecule has 4 rings (SSSR count). The molecule has 0 saturated carbocycles. The van der Waals surface area contributed by atoms with Gasteiger partial charge >= 0.3 is 0 Å². The summed E-state index contributed by atoms with van der Waals surface area (Å²) in [6, 6.07) is 14.0. The zero-order chi connectivity index (χ0) is 16.7. The third kappa shape index (κ3) is 2.28. The van der Waals surface area contributed by atoms with Gasteiger partial charge in [-0.05, 0) is 23.8 Å². The maximum absolute atomic E-state index is 13.7. The fourth-order valence-corrected chi connectivity index (χ4v) is 3.40. The molecule has 1 amide bonds. The third-order valence-electron chi connectivity index (χ3n) is 4.55. The van der Waals surface area contributed by atoms with Crippen molar-refractivity contribution in [3.05, 3.63) is 65.5 Å². The van der Waals surface area contributed by atoms with Crippen molar-refractivity contribution in [3.8, 4) is 5.75 Å². The molecule has 2 aliphatic rings. The van der Waals surface area contributed by atoms with E-state index in [-0.39, 0.29) is 23.7 Å². The highest BCUT2D eigenvalue weighted by atomic mass is 19.1. The van der Waals surface area contributed by atoms with Gasteiger partial charge in [-0.1, -0.05) is 37.3 Å². The lowest BCUT2D eigenvalue weighted by molar-refractivity contribution is -0.133. The molecule has 2 aliphatic heterocycles. The lowest BCUT2D eigenvalue weighted by atomic mass is 9.86. The molecule has 2 unspecified atom stereocenters. The van der Waals surface area contributed by atoms with Gasteiger partial charge in [0, 0.05) is 12.0 Å². The quantitative estimate of drug-likeness (QED) is 0.848. The lowest BCUT2D eigenvalue weighted by Crippen LogP contribution is -2.34. The topological polar surface area (TPSA) is 41.9 Å². The fourth-order valence-electron chi connectivity index (χ4n) is 3.40. The molecule has 0 N–H and O–H groups in total. The van der Waals surface area contributed by atoms with Crippen LogP contribution >= 0.6 is 0 Å². The average molecular weight is 324 g/mol. The third-order valence-corrected chi connectivity index (χ3v) is 4.55. The van der Waals surface area contributed by atoms with Gasteiger partial charge < -0.3 is 4.74 Å². The number of halogens is 1. The van der Waals surface area contributed by atoms with E-state index in [1.807, 2.05) is 37.3 Å². The maximum atomic E-state index is 13.7. The second kappa shape index (κ2) is 5.74. The van der Waals surface area contributed by atoms with Crippen molar-refractivity contribution in [2.75, 3.05) is 6.61 Å². The van der Waals surface area contributed by atoms with Crippen molar-refractivity contribution in [1.82, 2.24) is 5.01 Å². The van der Waals surface area contributed by atoms with Crippen LogP contribution in [0, 0.1) is 11.7 Å². The normalized spacial score (nSPS) is 21.6. The van der Waals surface area contributed by atoms with Crippen LogP contribution in [0.15, 0.2) is 53.6 Å². The smallest absolute Gasteiger partial charge is 0.242 e. The number of hydrogen-bond donors (Lipinski definition) is 0. The van der Waals surface area contributed by atoms with E-state index < -0.39 is 0 Å². The summed E-state index contributed by atoms with van der Waals surface area (Å²) in [5, 5.41) is 6.12. The van der Waals surface area contributed by atoms with Gasteiger partial charge in [-0.2, -0.15) is 5.10 Å². The number of carbonyl (C=O) groups is 1. The van der Waals surface area contributed by atoms with Gasteiger partial charge in [0.1, 0.15) is 11.6 Å². The first-order valence-corrected chi connectivity index (χ1v) is 8.07. The van der Waals surface area contributed by atoms with E-state index in [2.05, 4.69) is 5.10 Å². The molecule has 0 radical (unpaired) electrons. The summed E-state index contributed by atoms with van der Waals surface area (Å²) in [6.45, 7) is 2.24. The van der Waals surface area contributed by atoms with Gasteiger partial charge in [-0.15, -0.1) is 0 Å². The highest BCUT2D eigenvalue weighted by Gasteiger charge is 2.44. The van der Waals surface area contributed by atoms with Crippen molar-refractivity contribution in [1.29, 1.82) is 0 Å². The largest absolute Gasteiger partial charge is 0.492 e. The number of rotatable bonds is 2. The molecule has 122 valence electrons. The van der Waals surface area contributed by atoms with E-state index in [0.29, 0.717) is 24.3 Å². The van der Waals surface area contributed by atoms with Gasteiger partial charge in [-0.3, -0.25) is 4.79 Å². The van der Waals surface area contributed by atoms with Crippen LogP contribution in [0.4, 0.5) is 4.39 Å². The summed E-state index contributed by atoms with van der Waals surface area (Å²) in [5.74, 6) is 0.127. The van der Waals surface area contributed by atoms with Crippen LogP contribution in [0.2, 0.25) is 0 Å². The number of carbonyl (C=O) groups excluding carboxylic acids is 1. The minimum absolute atomic E-state index is 0.0521. The molecule has 0 spiro atoms. The van der Waals surface area contributed by atoms with Crippen molar-refractivity contribution < 1.29 is 13.9 Å². The predicted octanol–water partition coefficient (Wildman–Crippen LogP) is 3.53. The first-order chi connectivity index (χ1) is 11.7. The number of ether oxygens (including phenoxy) is 1. The SMILES string of the molecule is CCC(=O)N1N=C2c3cc(F)ccc3OCC2C1c1ccccc1. The predicted molar refractivity (Wildman–Crippen MR) is 88.2 cm³/mol. The zero-order valence-corrected chi connectivity index (χ0v) is 13.3. The minimum Gasteiger partial charge on any atom is -0.492 e. The zero-order valence-electron chi connectivity index (χ0n) is 13.3. The van der Waals surface area contributed by atoms with Gasteiger partial charge in [0.15, 0.2) is 0 Å². The number of hydrazone groups is 1. The van der Waals surface area contributed by atoms with Crippen LogP contribution in [0.3, 0.4) is 0 Å². The summed E-state index contributed by atoms with van der Waals surface area (Å²) >= 11 is 0. The molecule has 5 heteroatoms. The van der Waals surface area contributed by atoms with Crippen molar-refractivity contribution in [2.24, 2.45) is 11.0 Å². The monoisotopic (exact) mass is 324 g/mol. The molecule has 2 heterocycles. The molecule has 0 saturated heterocycles. The average Bonchev–Trinajstić information content (AvgIpc) is 3.01. The van der Waals surface area contributed by atoms with Gasteiger partial charge in [0.25, 0.3) is 0 Å². The number of fused-ring (bicyclic) bond motifs is 3. The van der Waals surface area contributed by atoms with Crippen molar-refractivity contribution >= 4 is 11.6 Å². The molecule has 0 aliphatic carbocycles. The van der Waals surface area contributed by atoms with E-state index in [1.165, 1.54) is 12.1 Å². The standard InChI is InChI=1S/C19H17FN2O2/c1-2-17(23)22-19(12-6-4-3-5-7-12)15-11-24-16-9-8-13(20)10-14(16)18(15)21-22/h3-10,15,19H,2,11H2,1H3. The van der Waals surface area contributed by atoms with Gasteiger partial charge in [-0.25, -0.2) is 9.40 Å². The Balaban J connectivity index is 1.82. The molecule has 24 heavy (non-hydrogen) atoms. The van der Waals surface area contributed by atoms with Crippen LogP contribution in [0.5, 0.6) is 5.75 Å². The molecular formula is C19H17FN2O2. The maximum Gasteiger partial charge on any atom is 0.242 e. The number of amides is 1. The van der Waals surface area contributed by atoms with E-state index in [0.717, 1.165) is 11.3 Å². The fraction of sp³-hybridized carbons (Fsp3) is 0.263. The molecule has 4 nitrogen and oxygen atoms in total. The number of hydrogen-bond acceptors (Lipinski definition) is 3. The Hall–Kier alpha value is -2.69. The van der Waals surface area contributed by atoms with Crippen molar-refractivity contribution in [3.63, 3.8) is 0 Å². The highest BCUT2D eigenvalue weighted by Crippen LogP contribution is 2.42. The first kappa shape index (κ1) is 14.9. The molecule has 2 aromatic rings. The molecule has 2 aromatic carbocycles. The molecule has 0 aromatic heterocycles. The highest BCUT2D eigenvalue weighted by molar-refractivity contribution is 6.07. The lowest BCUT2D eigenvalue weighted by Gasteiger charge is -2.29. The second-order valence-corrected chi connectivity index (χ2v) is 5.99. The van der Waals surface area contributed by atoms with Crippen molar-refractivity contribution in [2.45, 2.75) is 19.4 Å². The van der Waals surface area contributed by atoms with E-state index in [9.17, 15) is 9.18 Å². The number of benzene rings is 2. The summed E-state index contributed by atoms with van der Waals surface area (Å²) in [7, 11) is 0. The summed E-state index contributed by atoms with van der Waals surface area (Å²) < 4.78 is 19.5. The van der Waals surface area contributed by atoms with E-state index in [1.54, 1.807) is 11.1 Å². The molecular weight excluding hydrogens is 307 g/mol. The van der Waals surface area contributed by atoms with Crippen LogP contribution in [0.1, 0.15) is 30.5 Å². The van der Waals surface area contributed by atoms with Crippen LogP contribution in [-0.2, 0) is 4.79 Å². The Labute approximate surface area is 139 Å². The Morgan fingerprint density at radius 1 is 1.29 bits per heavy atom. The Morgan fingerprint density at radius 2 is 2.08 bits per heavy atom. The van der Waals surface area contributed by atoms with Gasteiger partial charge in [0.05, 0.1) is 24.3 Å². The Kier molecular flexibility index (Phi) is 3.56. The van der Waals surface area contributed by atoms with Crippen LogP contribution < -0.4 is 4.74 Å². The summed E-state index contributed by atoms with van der Waals surface area (Å²) in [6.07, 6.45) is 0.365. The number of nitrogens with zero attached hydrogens (tertiary/aromatic N) is 2. The Bertz CT molecular complexity index is 819. The second-order valence-electron chi connectivity index (χ2n) is 5.99. The van der Waals surface area contributed by atoms with Crippen LogP contribution in [0.25, 0.3) is 0 Å². The molecule has 0 fully saturated rings. The molecule has 0 bridgehead atoms.